The van der Waals surface area contributed by atoms with Crippen LogP contribution in [0, 0.1) is 5.82 Å². The van der Waals surface area contributed by atoms with Gasteiger partial charge in [-0.25, -0.2) is 4.39 Å². The van der Waals surface area contributed by atoms with Gasteiger partial charge >= 0.3 is 0 Å². The monoisotopic (exact) mass is 448 g/mol. The van der Waals surface area contributed by atoms with E-state index >= 15 is 0 Å². The molecule has 0 spiro atoms. The first-order valence-electron chi connectivity index (χ1n) is 7.87. The highest BCUT2D eigenvalue weighted by Gasteiger charge is 2.26. The summed E-state index contributed by atoms with van der Waals surface area (Å²) in [5.41, 5.74) is 1.79. The average molecular weight is 449 g/mol. The van der Waals surface area contributed by atoms with Crippen LogP contribution < -0.4 is 15.4 Å². The molecule has 0 atom stereocenters. The molecule has 1 fully saturated rings. The number of amides is 2. The van der Waals surface area contributed by atoms with Crippen LogP contribution in [0.3, 0.4) is 0 Å². The summed E-state index contributed by atoms with van der Waals surface area (Å²) in [6.07, 6.45) is 1.76. The third kappa shape index (κ3) is 4.23. The average Bonchev–Trinajstić information content (AvgIpc) is 2.61. The Morgan fingerprint density at radius 3 is 2.48 bits per heavy atom. The zero-order chi connectivity index (χ0) is 19.6. The van der Waals surface area contributed by atoms with E-state index in [0.29, 0.717) is 27.8 Å². The summed E-state index contributed by atoms with van der Waals surface area (Å²) < 4.78 is 20.1. The molecule has 0 radical (unpaired) electrons. The molecule has 2 N–H and O–H groups in total. The van der Waals surface area contributed by atoms with Gasteiger partial charge in [0.05, 0.1) is 7.11 Å². The Balaban J connectivity index is 1.98. The molecule has 0 bridgehead atoms. The number of benzene rings is 2. The molecular weight excluding hydrogens is 435 g/mol. The number of nitrogens with one attached hydrogen (secondary N) is 2. The van der Waals surface area contributed by atoms with Gasteiger partial charge in [-0.2, -0.15) is 0 Å². The van der Waals surface area contributed by atoms with E-state index in [9.17, 15) is 14.0 Å². The molecule has 1 aliphatic heterocycles. The summed E-state index contributed by atoms with van der Waals surface area (Å²) in [7, 11) is 1.50. The predicted molar refractivity (Wildman–Crippen MR) is 107 cm³/mol. The first kappa shape index (κ1) is 19.2. The fraction of sp³-hybridized carbons (Fsp3) is 0.105. The minimum Gasteiger partial charge on any atom is -0.496 e. The van der Waals surface area contributed by atoms with Gasteiger partial charge in [-0.05, 0) is 47.6 Å². The van der Waals surface area contributed by atoms with Crippen molar-refractivity contribution in [3.8, 4) is 5.75 Å². The Kier molecular flexibility index (Phi) is 5.67. The normalized spacial score (nSPS) is 13.9. The van der Waals surface area contributed by atoms with Gasteiger partial charge in [0, 0.05) is 16.5 Å². The van der Waals surface area contributed by atoms with Crippen molar-refractivity contribution in [3.05, 3.63) is 69.0 Å². The van der Waals surface area contributed by atoms with E-state index in [2.05, 4.69) is 26.6 Å². The lowest BCUT2D eigenvalue weighted by molar-refractivity contribution is -0.123. The molecule has 1 heterocycles. The Morgan fingerprint density at radius 2 is 1.85 bits per heavy atom. The van der Waals surface area contributed by atoms with Crippen LogP contribution in [0.15, 0.2) is 46.4 Å². The van der Waals surface area contributed by atoms with E-state index in [-0.39, 0.29) is 16.5 Å². The summed E-state index contributed by atoms with van der Waals surface area (Å²) in [6.45, 7) is 0. The lowest BCUT2D eigenvalue weighted by atomic mass is 10.0. The van der Waals surface area contributed by atoms with Crippen LogP contribution in [0.5, 0.6) is 5.75 Å². The Morgan fingerprint density at radius 1 is 1.19 bits per heavy atom. The quantitative estimate of drug-likeness (QED) is 0.428. The Bertz CT molecular complexity index is 969. The van der Waals surface area contributed by atoms with E-state index < -0.39 is 11.8 Å². The van der Waals surface area contributed by atoms with E-state index in [0.717, 1.165) is 5.56 Å². The fourth-order valence-corrected chi connectivity index (χ4v) is 3.46. The van der Waals surface area contributed by atoms with Gasteiger partial charge in [-0.3, -0.25) is 20.2 Å². The van der Waals surface area contributed by atoms with Crippen molar-refractivity contribution in [2.24, 2.45) is 0 Å². The lowest BCUT2D eigenvalue weighted by Crippen LogP contribution is -2.51. The van der Waals surface area contributed by atoms with Crippen molar-refractivity contribution in [1.82, 2.24) is 10.6 Å². The molecule has 0 unspecified atom stereocenters. The van der Waals surface area contributed by atoms with E-state index in [4.69, 9.17) is 17.0 Å². The summed E-state index contributed by atoms with van der Waals surface area (Å²) in [5.74, 6) is -0.945. The first-order chi connectivity index (χ1) is 12.9. The number of hydrogen-bond acceptors (Lipinski definition) is 4. The van der Waals surface area contributed by atoms with Crippen molar-refractivity contribution in [3.63, 3.8) is 0 Å². The highest BCUT2D eigenvalue weighted by atomic mass is 79.9. The fourth-order valence-electron chi connectivity index (χ4n) is 2.67. The first-order valence-corrected chi connectivity index (χ1v) is 9.07. The second-order valence-electron chi connectivity index (χ2n) is 5.75. The zero-order valence-electron chi connectivity index (χ0n) is 14.1. The Hall–Kier alpha value is -2.58. The molecular formula is C19H14BrFN2O3S. The summed E-state index contributed by atoms with van der Waals surface area (Å²) in [6, 6.07) is 9.92. The van der Waals surface area contributed by atoms with Crippen LogP contribution in [0.2, 0.25) is 0 Å². The molecule has 138 valence electrons. The number of carbonyl (C=O) groups is 2. The van der Waals surface area contributed by atoms with Crippen LogP contribution in [0.25, 0.3) is 6.08 Å². The van der Waals surface area contributed by atoms with Gasteiger partial charge in [0.2, 0.25) is 0 Å². The van der Waals surface area contributed by atoms with Crippen LogP contribution in [0.1, 0.15) is 16.7 Å². The predicted octanol–water partition coefficient (Wildman–Crippen LogP) is 3.10. The van der Waals surface area contributed by atoms with E-state index in [1.54, 1.807) is 30.3 Å². The molecule has 8 heteroatoms. The summed E-state index contributed by atoms with van der Waals surface area (Å²) in [4.78, 5) is 24.0. The molecule has 0 aromatic heterocycles. The van der Waals surface area contributed by atoms with Crippen LogP contribution in [0.4, 0.5) is 4.39 Å². The molecule has 3 rings (SSSR count). The van der Waals surface area contributed by atoms with Crippen molar-refractivity contribution >= 4 is 51.2 Å². The second kappa shape index (κ2) is 7.98. The maximum Gasteiger partial charge on any atom is 0.263 e. The number of rotatable bonds is 4. The van der Waals surface area contributed by atoms with Crippen molar-refractivity contribution in [1.29, 1.82) is 0 Å². The Labute approximate surface area is 168 Å². The number of carbonyl (C=O) groups excluding carboxylic acids is 2. The molecule has 27 heavy (non-hydrogen) atoms. The van der Waals surface area contributed by atoms with Gasteiger partial charge < -0.3 is 4.74 Å². The molecule has 0 aliphatic carbocycles. The van der Waals surface area contributed by atoms with Gasteiger partial charge in [0.25, 0.3) is 11.8 Å². The van der Waals surface area contributed by atoms with Crippen molar-refractivity contribution < 1.29 is 18.7 Å². The minimum atomic E-state index is -0.575. The number of ether oxygens (including phenoxy) is 1. The van der Waals surface area contributed by atoms with Gasteiger partial charge in [0.15, 0.2) is 5.11 Å². The molecule has 0 saturated carbocycles. The van der Waals surface area contributed by atoms with E-state index in [1.807, 2.05) is 0 Å². The third-order valence-electron chi connectivity index (χ3n) is 3.98. The van der Waals surface area contributed by atoms with Crippen LogP contribution in [-0.2, 0) is 16.0 Å². The van der Waals surface area contributed by atoms with E-state index in [1.165, 1.54) is 19.3 Å². The lowest BCUT2D eigenvalue weighted by Gasteiger charge is -2.17. The molecule has 5 nitrogen and oxygen atoms in total. The van der Waals surface area contributed by atoms with Gasteiger partial charge in [0.1, 0.15) is 17.1 Å². The molecule has 2 amide bonds. The molecule has 2 aromatic carbocycles. The standard InChI is InChI=1S/C19H14BrFN2O3S/c1-26-16-8-10(6-13-17(24)22-19(27)23-18(13)25)7-14(20)12(16)9-11-4-2-3-5-15(11)21/h2-8H,9H2,1H3,(H2,22,23,24,25,27). The topological polar surface area (TPSA) is 67.4 Å². The number of thiocarbonyl (C=S) groups is 1. The maximum absolute atomic E-state index is 14.0. The molecule has 1 aliphatic rings. The van der Waals surface area contributed by atoms with Crippen LogP contribution >= 0.6 is 28.1 Å². The molecule has 1 saturated heterocycles. The molecule has 2 aromatic rings. The highest BCUT2D eigenvalue weighted by molar-refractivity contribution is 9.10. The third-order valence-corrected chi connectivity index (χ3v) is 4.89. The zero-order valence-corrected chi connectivity index (χ0v) is 16.5. The maximum atomic E-state index is 14.0. The van der Waals surface area contributed by atoms with Gasteiger partial charge in [-0.1, -0.05) is 34.1 Å². The largest absolute Gasteiger partial charge is 0.496 e. The second-order valence-corrected chi connectivity index (χ2v) is 7.01. The summed E-state index contributed by atoms with van der Waals surface area (Å²) >= 11 is 8.25. The number of methoxy groups -OCH3 is 1. The van der Waals surface area contributed by atoms with Gasteiger partial charge in [-0.15, -0.1) is 0 Å². The van der Waals surface area contributed by atoms with Crippen molar-refractivity contribution in [2.45, 2.75) is 6.42 Å². The highest BCUT2D eigenvalue weighted by Crippen LogP contribution is 2.32. The van der Waals surface area contributed by atoms with Crippen LogP contribution in [-0.4, -0.2) is 24.0 Å². The number of hydrogen-bond donors (Lipinski definition) is 2. The minimum absolute atomic E-state index is 0.0267. The summed E-state index contributed by atoms with van der Waals surface area (Å²) in [5, 5.41) is 4.74. The number of halogens is 2. The SMILES string of the molecule is COc1cc(C=C2C(=O)NC(=S)NC2=O)cc(Br)c1Cc1ccccc1F. The van der Waals surface area contributed by atoms with Crippen molar-refractivity contribution in [2.75, 3.05) is 7.11 Å². The smallest absolute Gasteiger partial charge is 0.263 e.